The molecule has 120 valence electrons. The summed E-state index contributed by atoms with van der Waals surface area (Å²) in [4.78, 5) is 26.1. The average molecular weight is 312 g/mol. The van der Waals surface area contributed by atoms with E-state index in [0.717, 1.165) is 62.3 Å². The number of carbonyl (C=O) groups is 1. The van der Waals surface area contributed by atoms with Gasteiger partial charge < -0.3 is 15.0 Å². The first-order valence-corrected chi connectivity index (χ1v) is 8.22. The molecule has 1 fully saturated rings. The second-order valence-corrected chi connectivity index (χ2v) is 6.38. The molecule has 6 nitrogen and oxygen atoms in total. The minimum absolute atomic E-state index is 0.301. The number of H-pyrrole nitrogens is 1. The van der Waals surface area contributed by atoms with Gasteiger partial charge in [-0.25, -0.2) is 14.8 Å². The van der Waals surface area contributed by atoms with Crippen molar-refractivity contribution in [2.75, 3.05) is 18.0 Å². The van der Waals surface area contributed by atoms with E-state index >= 15 is 0 Å². The molecule has 6 heteroatoms. The number of aromatic nitrogens is 3. The van der Waals surface area contributed by atoms with Crippen molar-refractivity contribution in [1.82, 2.24) is 15.0 Å². The van der Waals surface area contributed by atoms with Crippen molar-refractivity contribution in [3.8, 4) is 0 Å². The van der Waals surface area contributed by atoms with Crippen LogP contribution in [0.15, 0.2) is 18.5 Å². The van der Waals surface area contributed by atoms with E-state index in [1.165, 1.54) is 0 Å². The Morgan fingerprint density at radius 3 is 3.04 bits per heavy atom. The fourth-order valence-electron chi connectivity index (χ4n) is 3.75. The molecule has 1 saturated heterocycles. The van der Waals surface area contributed by atoms with Gasteiger partial charge in [0, 0.05) is 37.1 Å². The third-order valence-electron chi connectivity index (χ3n) is 4.89. The monoisotopic (exact) mass is 312 g/mol. The summed E-state index contributed by atoms with van der Waals surface area (Å²) in [6.07, 6.45) is 8.66. The molecule has 3 heterocycles. The van der Waals surface area contributed by atoms with Crippen molar-refractivity contribution in [1.29, 1.82) is 0 Å². The highest BCUT2D eigenvalue weighted by Gasteiger charge is 2.28. The summed E-state index contributed by atoms with van der Waals surface area (Å²) in [6, 6.07) is 1.84. The molecule has 0 bridgehead atoms. The summed E-state index contributed by atoms with van der Waals surface area (Å²) in [7, 11) is 0. The van der Waals surface area contributed by atoms with Crippen molar-refractivity contribution >= 4 is 11.8 Å². The number of hydrogen-bond donors (Lipinski definition) is 2. The number of rotatable bonds is 3. The van der Waals surface area contributed by atoms with Crippen LogP contribution < -0.4 is 4.90 Å². The van der Waals surface area contributed by atoms with Gasteiger partial charge in [0.15, 0.2) is 0 Å². The van der Waals surface area contributed by atoms with E-state index in [-0.39, 0.29) is 0 Å². The summed E-state index contributed by atoms with van der Waals surface area (Å²) in [6.45, 7) is 1.61. The summed E-state index contributed by atoms with van der Waals surface area (Å²) < 4.78 is 0. The van der Waals surface area contributed by atoms with E-state index in [9.17, 15) is 9.90 Å². The number of fused-ring (bicyclic) bond motifs is 1. The predicted octanol–water partition coefficient (Wildman–Crippen LogP) is 2.38. The van der Waals surface area contributed by atoms with Gasteiger partial charge in [0.05, 0.1) is 0 Å². The molecule has 0 amide bonds. The molecule has 4 rings (SSSR count). The molecule has 2 N–H and O–H groups in total. The molecule has 1 aliphatic heterocycles. The van der Waals surface area contributed by atoms with E-state index < -0.39 is 5.97 Å². The van der Waals surface area contributed by atoms with E-state index in [2.05, 4.69) is 14.9 Å². The van der Waals surface area contributed by atoms with E-state index in [4.69, 9.17) is 4.98 Å². The zero-order chi connectivity index (χ0) is 15.8. The molecule has 0 spiro atoms. The molecule has 2 aromatic rings. The Balaban J connectivity index is 1.68. The molecule has 2 aliphatic rings. The third-order valence-corrected chi connectivity index (χ3v) is 4.89. The van der Waals surface area contributed by atoms with Crippen LogP contribution in [0.1, 0.15) is 52.6 Å². The smallest absolute Gasteiger partial charge is 0.339 e. The summed E-state index contributed by atoms with van der Waals surface area (Å²) in [5.74, 6) is 1.03. The second-order valence-electron chi connectivity index (χ2n) is 6.38. The van der Waals surface area contributed by atoms with Gasteiger partial charge in [-0.1, -0.05) is 0 Å². The van der Waals surface area contributed by atoms with Crippen LogP contribution in [0.25, 0.3) is 0 Å². The molecule has 0 radical (unpaired) electrons. The van der Waals surface area contributed by atoms with Gasteiger partial charge in [-0.2, -0.15) is 0 Å². The molecule has 1 aliphatic carbocycles. The lowest BCUT2D eigenvalue weighted by molar-refractivity contribution is 0.0697. The Morgan fingerprint density at radius 2 is 2.26 bits per heavy atom. The Bertz CT molecular complexity index is 726. The lowest BCUT2D eigenvalue weighted by Crippen LogP contribution is -2.36. The SMILES string of the molecule is O=C(O)c1cc2c(nc1N1CCC[C@@H](c3ncc[nH]3)C1)CCC2. The third kappa shape index (κ3) is 2.58. The standard InChI is InChI=1S/C17H20N4O2/c22-17(23)13-9-11-3-1-5-14(11)20-16(13)21-8-2-4-12(10-21)15-18-6-7-19-15/h6-7,9,12H,1-5,8,10H2,(H,18,19)(H,22,23)/t12-/m1/s1. The Kier molecular flexibility index (Phi) is 3.52. The number of piperidine rings is 1. The number of carboxylic acids is 1. The molecular weight excluding hydrogens is 292 g/mol. The second kappa shape index (κ2) is 5.68. The number of pyridine rings is 1. The van der Waals surface area contributed by atoms with Gasteiger partial charge in [0.2, 0.25) is 0 Å². The summed E-state index contributed by atoms with van der Waals surface area (Å²) in [5, 5.41) is 9.59. The molecule has 23 heavy (non-hydrogen) atoms. The largest absolute Gasteiger partial charge is 0.478 e. The van der Waals surface area contributed by atoms with Crippen molar-refractivity contribution in [3.05, 3.63) is 41.1 Å². The quantitative estimate of drug-likeness (QED) is 0.909. The van der Waals surface area contributed by atoms with Crippen LogP contribution in [0.2, 0.25) is 0 Å². The minimum Gasteiger partial charge on any atom is -0.478 e. The lowest BCUT2D eigenvalue weighted by Gasteiger charge is -2.33. The molecular formula is C17H20N4O2. The minimum atomic E-state index is -0.887. The van der Waals surface area contributed by atoms with E-state index in [1.54, 1.807) is 6.20 Å². The Labute approximate surface area is 134 Å². The number of anilines is 1. The Hall–Kier alpha value is -2.37. The van der Waals surface area contributed by atoms with E-state index in [0.29, 0.717) is 17.3 Å². The maximum atomic E-state index is 11.7. The zero-order valence-corrected chi connectivity index (χ0v) is 13.0. The lowest BCUT2D eigenvalue weighted by atomic mass is 9.96. The fraction of sp³-hybridized carbons (Fsp3) is 0.471. The maximum absolute atomic E-state index is 11.7. The molecule has 1 atom stereocenters. The van der Waals surface area contributed by atoms with Crippen LogP contribution in [-0.2, 0) is 12.8 Å². The number of nitrogens with zero attached hydrogens (tertiary/aromatic N) is 3. The van der Waals surface area contributed by atoms with E-state index in [1.807, 2.05) is 12.3 Å². The van der Waals surface area contributed by atoms with Crippen molar-refractivity contribution in [3.63, 3.8) is 0 Å². The van der Waals surface area contributed by atoms with Crippen molar-refractivity contribution in [2.45, 2.75) is 38.0 Å². The molecule has 0 unspecified atom stereocenters. The fourth-order valence-corrected chi connectivity index (χ4v) is 3.75. The highest BCUT2D eigenvalue weighted by Crippen LogP contribution is 2.32. The van der Waals surface area contributed by atoms with Gasteiger partial charge >= 0.3 is 5.97 Å². The number of nitrogens with one attached hydrogen (secondary N) is 1. The number of carboxylic acid groups (broad SMARTS) is 1. The molecule has 0 saturated carbocycles. The molecule has 0 aromatic carbocycles. The van der Waals surface area contributed by atoms with Crippen LogP contribution in [0, 0.1) is 0 Å². The first-order valence-electron chi connectivity index (χ1n) is 8.22. The van der Waals surface area contributed by atoms with Gasteiger partial charge in [0.25, 0.3) is 0 Å². The summed E-state index contributed by atoms with van der Waals surface area (Å²) in [5.41, 5.74) is 2.52. The number of imidazole rings is 1. The van der Waals surface area contributed by atoms with Gasteiger partial charge in [-0.05, 0) is 43.7 Å². The van der Waals surface area contributed by atoms with Crippen LogP contribution in [0.4, 0.5) is 5.82 Å². The molecule has 2 aromatic heterocycles. The van der Waals surface area contributed by atoms with Crippen LogP contribution in [0.3, 0.4) is 0 Å². The zero-order valence-electron chi connectivity index (χ0n) is 13.0. The maximum Gasteiger partial charge on any atom is 0.339 e. The van der Waals surface area contributed by atoms with Gasteiger partial charge in [-0.3, -0.25) is 0 Å². The Morgan fingerprint density at radius 1 is 1.35 bits per heavy atom. The van der Waals surface area contributed by atoms with Crippen LogP contribution in [0.5, 0.6) is 0 Å². The number of aromatic carboxylic acids is 1. The van der Waals surface area contributed by atoms with Crippen LogP contribution >= 0.6 is 0 Å². The first kappa shape index (κ1) is 14.2. The van der Waals surface area contributed by atoms with Crippen molar-refractivity contribution < 1.29 is 9.90 Å². The number of hydrogen-bond acceptors (Lipinski definition) is 4. The highest BCUT2D eigenvalue weighted by atomic mass is 16.4. The van der Waals surface area contributed by atoms with Crippen molar-refractivity contribution in [2.24, 2.45) is 0 Å². The van der Waals surface area contributed by atoms with Crippen LogP contribution in [-0.4, -0.2) is 39.1 Å². The predicted molar refractivity (Wildman–Crippen MR) is 86.0 cm³/mol. The normalized spacial score (nSPS) is 20.5. The van der Waals surface area contributed by atoms with Gasteiger partial charge in [0.1, 0.15) is 17.2 Å². The number of aryl methyl sites for hydroxylation is 2. The van der Waals surface area contributed by atoms with Gasteiger partial charge in [-0.15, -0.1) is 0 Å². The highest BCUT2D eigenvalue weighted by molar-refractivity contribution is 5.93. The first-order chi connectivity index (χ1) is 11.2. The number of aromatic amines is 1. The average Bonchev–Trinajstić information content (AvgIpc) is 3.24. The topological polar surface area (TPSA) is 82.1 Å². The summed E-state index contributed by atoms with van der Waals surface area (Å²) >= 11 is 0.